The minimum Gasteiger partial charge on any atom is -0.322 e. The van der Waals surface area contributed by atoms with Crippen LogP contribution >= 0.6 is 15.9 Å². The maximum Gasteiger partial charge on any atom is 0.129 e. The van der Waals surface area contributed by atoms with Crippen LogP contribution in [0, 0.1) is 11.6 Å². The molecule has 96 valence electrons. The molecule has 2 N–H and O–H groups in total. The summed E-state index contributed by atoms with van der Waals surface area (Å²) in [4.78, 5) is 0. The molecule has 2 aromatic rings. The van der Waals surface area contributed by atoms with Crippen molar-refractivity contribution in [1.29, 1.82) is 0 Å². The Labute approximate surface area is 112 Å². The van der Waals surface area contributed by atoms with Gasteiger partial charge in [0.05, 0.1) is 22.4 Å². The number of halogens is 3. The molecule has 0 aliphatic carbocycles. The van der Waals surface area contributed by atoms with Crippen LogP contribution in [0.2, 0.25) is 0 Å². The average Bonchev–Trinajstić information content (AvgIpc) is 2.64. The summed E-state index contributed by atoms with van der Waals surface area (Å²) >= 11 is 3.32. The van der Waals surface area contributed by atoms with Gasteiger partial charge < -0.3 is 5.73 Å². The van der Waals surface area contributed by atoms with Gasteiger partial charge in [-0.2, -0.15) is 5.10 Å². The van der Waals surface area contributed by atoms with Crippen molar-refractivity contribution in [3.05, 3.63) is 51.8 Å². The fourth-order valence-electron chi connectivity index (χ4n) is 1.88. The minimum absolute atomic E-state index is 0.00176. The van der Waals surface area contributed by atoms with Crippen molar-refractivity contribution < 1.29 is 8.78 Å². The van der Waals surface area contributed by atoms with E-state index in [1.807, 2.05) is 0 Å². The number of nitrogens with two attached hydrogens (primary N) is 1. The van der Waals surface area contributed by atoms with Crippen LogP contribution in [0.25, 0.3) is 0 Å². The third-order valence-corrected chi connectivity index (χ3v) is 3.39. The highest BCUT2D eigenvalue weighted by Crippen LogP contribution is 2.25. The molecule has 1 aromatic heterocycles. The lowest BCUT2D eigenvalue weighted by atomic mass is 10.0. The third kappa shape index (κ3) is 2.44. The molecule has 0 spiro atoms. The molecule has 0 aliphatic rings. The van der Waals surface area contributed by atoms with Crippen LogP contribution in [0.5, 0.6) is 0 Å². The SMILES string of the molecule is Cn1ncc(Br)c1C(N)Cc1c(F)cccc1F. The van der Waals surface area contributed by atoms with Gasteiger partial charge >= 0.3 is 0 Å². The highest BCUT2D eigenvalue weighted by Gasteiger charge is 2.19. The van der Waals surface area contributed by atoms with Gasteiger partial charge in [-0.25, -0.2) is 8.78 Å². The van der Waals surface area contributed by atoms with Gasteiger partial charge in [0.25, 0.3) is 0 Å². The largest absolute Gasteiger partial charge is 0.322 e. The van der Waals surface area contributed by atoms with Crippen LogP contribution in [0.4, 0.5) is 8.78 Å². The predicted molar refractivity (Wildman–Crippen MR) is 67.9 cm³/mol. The van der Waals surface area contributed by atoms with E-state index in [4.69, 9.17) is 5.73 Å². The van der Waals surface area contributed by atoms with Gasteiger partial charge in [-0.1, -0.05) is 6.07 Å². The standard InChI is InChI=1S/C12H12BrF2N3/c1-18-12(8(13)6-17-18)11(16)5-7-9(14)3-2-4-10(7)15/h2-4,6,11H,5,16H2,1H3. The van der Waals surface area contributed by atoms with Crippen molar-refractivity contribution in [3.8, 4) is 0 Å². The summed E-state index contributed by atoms with van der Waals surface area (Å²) in [5.74, 6) is -1.16. The molecule has 2 rings (SSSR count). The van der Waals surface area contributed by atoms with Crippen molar-refractivity contribution >= 4 is 15.9 Å². The van der Waals surface area contributed by atoms with Crippen LogP contribution in [0.3, 0.4) is 0 Å². The number of hydrogen-bond donors (Lipinski definition) is 1. The van der Waals surface area contributed by atoms with Gasteiger partial charge in [0.15, 0.2) is 0 Å². The van der Waals surface area contributed by atoms with E-state index in [1.165, 1.54) is 18.2 Å². The molecule has 1 aromatic carbocycles. The zero-order valence-electron chi connectivity index (χ0n) is 9.70. The Kier molecular flexibility index (Phi) is 3.77. The molecule has 0 radical (unpaired) electrons. The first-order valence-corrected chi connectivity index (χ1v) is 6.16. The first-order valence-electron chi connectivity index (χ1n) is 5.36. The molecule has 1 atom stereocenters. The first kappa shape index (κ1) is 13.2. The van der Waals surface area contributed by atoms with E-state index < -0.39 is 17.7 Å². The van der Waals surface area contributed by atoms with Crippen molar-refractivity contribution in [1.82, 2.24) is 9.78 Å². The Morgan fingerprint density at radius 1 is 1.39 bits per heavy atom. The fourth-order valence-corrected chi connectivity index (χ4v) is 2.52. The molecular weight excluding hydrogens is 304 g/mol. The molecule has 0 amide bonds. The van der Waals surface area contributed by atoms with E-state index in [1.54, 1.807) is 17.9 Å². The lowest BCUT2D eigenvalue weighted by Gasteiger charge is -2.14. The Morgan fingerprint density at radius 3 is 2.50 bits per heavy atom. The lowest BCUT2D eigenvalue weighted by molar-refractivity contribution is 0.528. The molecule has 0 bridgehead atoms. The predicted octanol–water partition coefficient (Wildman–Crippen LogP) is 2.70. The number of aryl methyl sites for hydroxylation is 1. The van der Waals surface area contributed by atoms with Gasteiger partial charge in [-0.15, -0.1) is 0 Å². The van der Waals surface area contributed by atoms with Gasteiger partial charge in [0, 0.05) is 12.6 Å². The molecule has 0 saturated carbocycles. The summed E-state index contributed by atoms with van der Waals surface area (Å²) in [5.41, 5.74) is 6.69. The van der Waals surface area contributed by atoms with E-state index in [0.717, 1.165) is 4.47 Å². The molecule has 0 saturated heterocycles. The molecule has 3 nitrogen and oxygen atoms in total. The second-order valence-corrected chi connectivity index (χ2v) is 4.87. The summed E-state index contributed by atoms with van der Waals surface area (Å²) in [5, 5.41) is 4.03. The van der Waals surface area contributed by atoms with Crippen molar-refractivity contribution in [2.24, 2.45) is 12.8 Å². The summed E-state index contributed by atoms with van der Waals surface area (Å²) in [6.07, 6.45) is 1.68. The Hall–Kier alpha value is -1.27. The van der Waals surface area contributed by atoms with Crippen LogP contribution < -0.4 is 5.73 Å². The Balaban J connectivity index is 2.30. The monoisotopic (exact) mass is 315 g/mol. The van der Waals surface area contributed by atoms with Gasteiger partial charge in [0.1, 0.15) is 11.6 Å². The number of nitrogens with zero attached hydrogens (tertiary/aromatic N) is 2. The third-order valence-electron chi connectivity index (χ3n) is 2.77. The minimum atomic E-state index is -0.580. The molecular formula is C12H12BrF2N3. The van der Waals surface area contributed by atoms with Crippen molar-refractivity contribution in [3.63, 3.8) is 0 Å². The van der Waals surface area contributed by atoms with E-state index in [9.17, 15) is 8.78 Å². The van der Waals surface area contributed by atoms with Crippen LogP contribution in [0.15, 0.2) is 28.9 Å². The summed E-state index contributed by atoms with van der Waals surface area (Å²) in [7, 11) is 1.73. The number of aromatic nitrogens is 2. The smallest absolute Gasteiger partial charge is 0.129 e. The first-order chi connectivity index (χ1) is 8.50. The van der Waals surface area contributed by atoms with Crippen molar-refractivity contribution in [2.75, 3.05) is 0 Å². The molecule has 6 heteroatoms. The van der Waals surface area contributed by atoms with Gasteiger partial charge in [0.2, 0.25) is 0 Å². The zero-order chi connectivity index (χ0) is 13.3. The van der Waals surface area contributed by atoms with Crippen LogP contribution in [0.1, 0.15) is 17.3 Å². The topological polar surface area (TPSA) is 43.8 Å². The fraction of sp³-hybridized carbons (Fsp3) is 0.250. The summed E-state index contributed by atoms with van der Waals surface area (Å²) in [6.45, 7) is 0. The maximum absolute atomic E-state index is 13.5. The summed E-state index contributed by atoms with van der Waals surface area (Å²) < 4.78 is 29.4. The molecule has 0 aliphatic heterocycles. The zero-order valence-corrected chi connectivity index (χ0v) is 11.3. The second kappa shape index (κ2) is 5.16. The van der Waals surface area contributed by atoms with Gasteiger partial charge in [-0.05, 0) is 34.5 Å². The van der Waals surface area contributed by atoms with Gasteiger partial charge in [-0.3, -0.25) is 4.68 Å². The second-order valence-electron chi connectivity index (χ2n) is 4.01. The quantitative estimate of drug-likeness (QED) is 0.946. The van der Waals surface area contributed by atoms with E-state index >= 15 is 0 Å². The average molecular weight is 316 g/mol. The molecule has 1 unspecified atom stereocenters. The van der Waals surface area contributed by atoms with Crippen LogP contribution in [-0.2, 0) is 13.5 Å². The lowest BCUT2D eigenvalue weighted by Crippen LogP contribution is -2.19. The number of benzene rings is 1. The summed E-state index contributed by atoms with van der Waals surface area (Å²) in [6, 6.07) is 3.25. The Bertz CT molecular complexity index is 529. The van der Waals surface area contributed by atoms with E-state index in [-0.39, 0.29) is 12.0 Å². The molecule has 1 heterocycles. The molecule has 18 heavy (non-hydrogen) atoms. The highest BCUT2D eigenvalue weighted by atomic mass is 79.9. The van der Waals surface area contributed by atoms with Crippen molar-refractivity contribution in [2.45, 2.75) is 12.5 Å². The number of hydrogen-bond acceptors (Lipinski definition) is 2. The highest BCUT2D eigenvalue weighted by molar-refractivity contribution is 9.10. The Morgan fingerprint density at radius 2 is 2.00 bits per heavy atom. The van der Waals surface area contributed by atoms with Crippen LogP contribution in [-0.4, -0.2) is 9.78 Å². The van der Waals surface area contributed by atoms with E-state index in [0.29, 0.717) is 5.69 Å². The normalized spacial score (nSPS) is 12.7. The number of rotatable bonds is 3. The van der Waals surface area contributed by atoms with E-state index in [2.05, 4.69) is 21.0 Å². The maximum atomic E-state index is 13.5. The molecule has 0 fully saturated rings.